The molecule has 3 nitrogen and oxygen atoms in total. The van der Waals surface area contributed by atoms with Gasteiger partial charge in [-0.2, -0.15) is 5.26 Å². The summed E-state index contributed by atoms with van der Waals surface area (Å²) in [6.07, 6.45) is 1.12. The first-order valence-corrected chi connectivity index (χ1v) is 15.7. The third-order valence-electron chi connectivity index (χ3n) is 8.72. The van der Waals surface area contributed by atoms with E-state index in [-0.39, 0.29) is 21.2 Å². The number of para-hydroxylation sites is 1. The minimum Gasteiger partial charge on any atom is -0.455 e. The molecule has 2 aromatic heterocycles. The Bertz CT molecular complexity index is 1950. The van der Waals surface area contributed by atoms with Crippen molar-refractivity contribution in [2.24, 2.45) is 0 Å². The number of benzene rings is 3. The van der Waals surface area contributed by atoms with Crippen molar-refractivity contribution in [3.63, 3.8) is 0 Å². The lowest BCUT2D eigenvalue weighted by molar-refractivity contribution is 0.629. The molecule has 0 aliphatic rings. The topological polar surface area (TPSA) is 49.8 Å². The highest BCUT2D eigenvalue weighted by molar-refractivity contribution is 6.95. The molecule has 39 heavy (non-hydrogen) atoms. The lowest BCUT2D eigenvalue weighted by Gasteiger charge is -2.50. The van der Waals surface area contributed by atoms with E-state index in [2.05, 4.69) is 83.4 Å². The number of furan rings is 1. The van der Waals surface area contributed by atoms with Crippen molar-refractivity contribution in [3.05, 3.63) is 83.6 Å². The number of hydrogen-bond donors (Lipinski definition) is 0. The number of aromatic nitrogens is 1. The molecule has 5 rings (SSSR count). The lowest BCUT2D eigenvalue weighted by Crippen LogP contribution is -2.58. The summed E-state index contributed by atoms with van der Waals surface area (Å²) < 4.78 is 54.0. The summed E-state index contributed by atoms with van der Waals surface area (Å²) in [7, 11) is -2.00. The second-order valence-corrected chi connectivity index (χ2v) is 18.4. The Labute approximate surface area is 242 Å². The van der Waals surface area contributed by atoms with Gasteiger partial charge in [0.15, 0.2) is 0 Å². The van der Waals surface area contributed by atoms with Crippen LogP contribution in [0, 0.1) is 25.0 Å². The van der Waals surface area contributed by atoms with Gasteiger partial charge in [-0.3, -0.25) is 4.98 Å². The Morgan fingerprint density at radius 1 is 0.846 bits per heavy atom. The zero-order valence-electron chi connectivity index (χ0n) is 29.7. The highest BCUT2D eigenvalue weighted by Crippen LogP contribution is 2.50. The van der Waals surface area contributed by atoms with E-state index in [4.69, 9.17) is 12.6 Å². The van der Waals surface area contributed by atoms with Crippen LogP contribution < -0.4 is 5.19 Å². The van der Waals surface area contributed by atoms with Gasteiger partial charge < -0.3 is 4.42 Å². The monoisotopic (exact) mass is 536 g/mol. The predicted molar refractivity (Wildman–Crippen MR) is 167 cm³/mol. The molecule has 0 unspecified atom stereocenters. The summed E-state index contributed by atoms with van der Waals surface area (Å²) >= 11 is 0. The van der Waals surface area contributed by atoms with Gasteiger partial charge in [0.25, 0.3) is 0 Å². The quantitative estimate of drug-likeness (QED) is 0.216. The molecule has 0 N–H and O–H groups in total. The number of aryl methyl sites for hydroxylation is 2. The van der Waals surface area contributed by atoms with Gasteiger partial charge in [0.1, 0.15) is 11.2 Å². The fourth-order valence-electron chi connectivity index (χ4n) is 6.01. The molecule has 0 fully saturated rings. The van der Waals surface area contributed by atoms with Crippen molar-refractivity contribution in [1.82, 2.24) is 4.98 Å². The molecule has 5 aromatic rings. The third kappa shape index (κ3) is 4.21. The van der Waals surface area contributed by atoms with Crippen LogP contribution in [0.4, 0.5) is 0 Å². The first-order valence-electron chi connectivity index (χ1n) is 16.2. The number of fused-ring (bicyclic) bond motifs is 3. The Balaban J connectivity index is 1.73. The average Bonchev–Trinajstić information content (AvgIpc) is 3.32. The van der Waals surface area contributed by atoms with Crippen LogP contribution in [-0.4, -0.2) is 13.1 Å². The number of nitrogens with zero attached hydrogens (tertiary/aromatic N) is 2. The first-order chi connectivity index (χ1) is 20.7. The number of nitriles is 1. The maximum Gasteiger partial charge on any atom is 0.144 e. The molecule has 0 saturated carbocycles. The van der Waals surface area contributed by atoms with Crippen LogP contribution in [0.2, 0.25) is 16.6 Å². The second kappa shape index (κ2) is 9.21. The Kier molecular flexibility index (Phi) is 4.78. The van der Waals surface area contributed by atoms with Gasteiger partial charge in [0, 0.05) is 36.3 Å². The summed E-state index contributed by atoms with van der Waals surface area (Å²) in [5.74, 6) is 0. The van der Waals surface area contributed by atoms with Gasteiger partial charge in [-0.25, -0.2) is 0 Å². The van der Waals surface area contributed by atoms with Crippen LogP contribution in [0.25, 0.3) is 44.3 Å². The fraction of sp³-hybridized carbons (Fsp3) is 0.314. The average molecular weight is 537 g/mol. The number of pyridine rings is 1. The van der Waals surface area contributed by atoms with E-state index in [1.807, 2.05) is 18.2 Å². The smallest absolute Gasteiger partial charge is 0.144 e. The predicted octanol–water partition coefficient (Wildman–Crippen LogP) is 9.69. The Hall–Kier alpha value is -3.68. The molecular weight excluding hydrogens is 492 g/mol. The highest BCUT2D eigenvalue weighted by atomic mass is 28.3. The van der Waals surface area contributed by atoms with Crippen molar-refractivity contribution < 1.29 is 12.6 Å². The van der Waals surface area contributed by atoms with E-state index in [0.717, 1.165) is 22.5 Å². The molecule has 0 atom stereocenters. The van der Waals surface area contributed by atoms with Gasteiger partial charge in [-0.1, -0.05) is 89.7 Å². The highest BCUT2D eigenvalue weighted by Gasteiger charge is 2.50. The third-order valence-corrected chi connectivity index (χ3v) is 16.2. The zero-order valence-corrected chi connectivity index (χ0v) is 24.7. The first kappa shape index (κ1) is 20.3. The molecule has 0 aliphatic carbocycles. The summed E-state index contributed by atoms with van der Waals surface area (Å²) in [5, 5.41) is 13.3. The van der Waals surface area contributed by atoms with E-state index < -0.39 is 21.8 Å². The molecule has 0 aliphatic heterocycles. The molecule has 0 saturated heterocycles. The van der Waals surface area contributed by atoms with Gasteiger partial charge in [-0.05, 0) is 64.7 Å². The summed E-state index contributed by atoms with van der Waals surface area (Å²) in [5.41, 5.74) is 3.31. The normalized spacial score (nSPS) is 15.6. The van der Waals surface area contributed by atoms with Gasteiger partial charge in [0.2, 0.25) is 0 Å². The minimum atomic E-state index is -2.65. The van der Waals surface area contributed by atoms with Crippen LogP contribution in [0.15, 0.2) is 71.3 Å². The van der Waals surface area contributed by atoms with E-state index in [9.17, 15) is 5.26 Å². The number of hydrogen-bond acceptors (Lipinski definition) is 3. The van der Waals surface area contributed by atoms with Crippen molar-refractivity contribution in [3.8, 4) is 28.5 Å². The molecule has 0 spiro atoms. The summed E-state index contributed by atoms with van der Waals surface area (Å²) in [4.78, 5) is 4.38. The van der Waals surface area contributed by atoms with Crippen LogP contribution in [0.5, 0.6) is 0 Å². The maximum absolute atomic E-state index is 10.1. The molecule has 0 radical (unpaired) electrons. The zero-order chi connectivity index (χ0) is 33.3. The molecule has 0 amide bonds. The molecular formula is C35H38N2OSi. The van der Waals surface area contributed by atoms with Crippen molar-refractivity contribution >= 4 is 35.2 Å². The number of rotatable bonds is 3. The SMILES string of the molecule is [2H]C([2H])([2H])c1cnc(-c2cccc3c2oc2c(-c4ccc([Si](C)(C(C)(C)C)C(C)(C)C)cc4)c(C#N)ccc23)cc1C([2H])([2H])[2H]. The standard InChI is InChI=1S/C35H38N2OSi/c1-22-19-30(37-21-23(22)2)29-12-10-11-27-28-18-15-25(20-36)31(33(28)38-32(27)29)24-13-16-26(17-14-24)39(9,34(3,4)5)35(6,7)8/h10-19,21H,1-9H3/i1D3,2D3. The van der Waals surface area contributed by atoms with E-state index in [1.54, 1.807) is 12.1 Å². The van der Waals surface area contributed by atoms with E-state index >= 15 is 0 Å². The summed E-state index contributed by atoms with van der Waals surface area (Å²) in [6, 6.07) is 21.4. The largest absolute Gasteiger partial charge is 0.455 e. The van der Waals surface area contributed by atoms with Gasteiger partial charge in [0.05, 0.1) is 25.4 Å². The van der Waals surface area contributed by atoms with Crippen molar-refractivity contribution in [2.45, 2.75) is 71.9 Å². The Morgan fingerprint density at radius 3 is 2.13 bits per heavy atom. The fourth-order valence-corrected chi connectivity index (χ4v) is 10.8. The van der Waals surface area contributed by atoms with Gasteiger partial charge >= 0.3 is 0 Å². The molecule has 2 heterocycles. The van der Waals surface area contributed by atoms with Crippen LogP contribution in [-0.2, 0) is 0 Å². The van der Waals surface area contributed by atoms with Crippen LogP contribution in [0.3, 0.4) is 0 Å². The Morgan fingerprint density at radius 2 is 1.51 bits per heavy atom. The molecule has 0 bridgehead atoms. The van der Waals surface area contributed by atoms with Crippen molar-refractivity contribution in [1.29, 1.82) is 5.26 Å². The van der Waals surface area contributed by atoms with Crippen molar-refractivity contribution in [2.75, 3.05) is 0 Å². The van der Waals surface area contributed by atoms with Crippen LogP contribution in [0.1, 0.15) is 66.5 Å². The maximum atomic E-state index is 10.1. The molecule has 198 valence electrons. The lowest BCUT2D eigenvalue weighted by atomic mass is 9.97. The second-order valence-electron chi connectivity index (χ2n) is 12.6. The summed E-state index contributed by atoms with van der Waals surface area (Å²) in [6.45, 7) is 11.1. The van der Waals surface area contributed by atoms with E-state index in [1.165, 1.54) is 11.3 Å². The van der Waals surface area contributed by atoms with E-state index in [0.29, 0.717) is 33.6 Å². The minimum absolute atomic E-state index is 0.120. The van der Waals surface area contributed by atoms with Gasteiger partial charge in [-0.15, -0.1) is 0 Å². The molecule has 4 heteroatoms. The van der Waals surface area contributed by atoms with Crippen LogP contribution >= 0.6 is 0 Å². The molecule has 3 aromatic carbocycles.